The molecule has 86 valence electrons. The number of carbonyl (C=O) groups is 1. The van der Waals surface area contributed by atoms with Gasteiger partial charge in [0, 0.05) is 26.2 Å². The minimum atomic E-state index is -0.0735. The van der Waals surface area contributed by atoms with Crippen LogP contribution in [0.4, 0.5) is 4.79 Å². The van der Waals surface area contributed by atoms with E-state index in [2.05, 4.69) is 16.0 Å². The predicted molar refractivity (Wildman–Crippen MR) is 56.8 cm³/mol. The van der Waals surface area contributed by atoms with Gasteiger partial charge in [-0.3, -0.25) is 0 Å². The van der Waals surface area contributed by atoms with Crippen molar-refractivity contribution in [2.24, 2.45) is 0 Å². The van der Waals surface area contributed by atoms with E-state index in [-0.39, 0.29) is 12.1 Å². The van der Waals surface area contributed by atoms with Gasteiger partial charge in [0.1, 0.15) is 0 Å². The monoisotopic (exact) mass is 213 g/mol. The zero-order valence-corrected chi connectivity index (χ0v) is 8.92. The van der Waals surface area contributed by atoms with Crippen LogP contribution in [0.15, 0.2) is 0 Å². The lowest BCUT2D eigenvalue weighted by Crippen LogP contribution is -2.59. The summed E-state index contributed by atoms with van der Waals surface area (Å²) in [4.78, 5) is 11.4. The fourth-order valence-corrected chi connectivity index (χ4v) is 1.80. The van der Waals surface area contributed by atoms with Crippen LogP contribution in [0.1, 0.15) is 19.3 Å². The molecule has 2 aliphatic heterocycles. The maximum absolute atomic E-state index is 11.4. The van der Waals surface area contributed by atoms with E-state index < -0.39 is 0 Å². The fraction of sp³-hybridized carbons (Fsp3) is 0.900. The summed E-state index contributed by atoms with van der Waals surface area (Å²) in [6, 6.07) is 0.230. The first kappa shape index (κ1) is 10.7. The summed E-state index contributed by atoms with van der Waals surface area (Å²) in [5, 5.41) is 8.84. The van der Waals surface area contributed by atoms with Gasteiger partial charge in [-0.2, -0.15) is 0 Å². The lowest BCUT2D eigenvalue weighted by molar-refractivity contribution is 0.0184. The molecule has 0 spiro atoms. The zero-order valence-electron chi connectivity index (χ0n) is 8.92. The topological polar surface area (TPSA) is 62.4 Å². The molecule has 2 saturated heterocycles. The number of ether oxygens (including phenoxy) is 1. The Kier molecular flexibility index (Phi) is 3.80. The van der Waals surface area contributed by atoms with Crippen molar-refractivity contribution in [3.8, 4) is 0 Å². The number of hydrogen-bond acceptors (Lipinski definition) is 3. The Hall–Kier alpha value is -0.810. The average Bonchev–Trinajstić information content (AvgIpc) is 2.22. The molecular formula is C10H19N3O2. The molecule has 0 aromatic heterocycles. The SMILES string of the molecule is O=C(NCC1CCCCO1)NC1CNC1. The molecule has 1 atom stereocenters. The normalized spacial score (nSPS) is 26.8. The van der Waals surface area contributed by atoms with E-state index in [1.54, 1.807) is 0 Å². The number of hydrogen-bond donors (Lipinski definition) is 3. The Bertz CT molecular complexity index is 213. The summed E-state index contributed by atoms with van der Waals surface area (Å²) in [5.41, 5.74) is 0. The van der Waals surface area contributed by atoms with Crippen molar-refractivity contribution < 1.29 is 9.53 Å². The van der Waals surface area contributed by atoms with Gasteiger partial charge >= 0.3 is 6.03 Å². The molecule has 0 aromatic carbocycles. The maximum Gasteiger partial charge on any atom is 0.315 e. The van der Waals surface area contributed by atoms with Crippen LogP contribution in [0.3, 0.4) is 0 Å². The van der Waals surface area contributed by atoms with Crippen molar-refractivity contribution in [3.63, 3.8) is 0 Å². The van der Waals surface area contributed by atoms with Crippen LogP contribution in [-0.2, 0) is 4.74 Å². The third-order valence-electron chi connectivity index (χ3n) is 2.88. The van der Waals surface area contributed by atoms with Gasteiger partial charge in [0.05, 0.1) is 12.1 Å². The third kappa shape index (κ3) is 3.35. The van der Waals surface area contributed by atoms with Crippen LogP contribution >= 0.6 is 0 Å². The van der Waals surface area contributed by atoms with E-state index in [1.165, 1.54) is 6.42 Å². The molecule has 5 heteroatoms. The standard InChI is InChI=1S/C10H19N3O2/c14-10(13-8-5-11-6-8)12-7-9-3-1-2-4-15-9/h8-9,11H,1-7H2,(H2,12,13,14). The highest BCUT2D eigenvalue weighted by Crippen LogP contribution is 2.11. The van der Waals surface area contributed by atoms with Gasteiger partial charge < -0.3 is 20.7 Å². The second kappa shape index (κ2) is 5.32. The predicted octanol–water partition coefficient (Wildman–Crippen LogP) is -0.173. The maximum atomic E-state index is 11.4. The Morgan fingerprint density at radius 2 is 2.27 bits per heavy atom. The molecule has 2 fully saturated rings. The molecule has 3 N–H and O–H groups in total. The molecule has 0 aromatic rings. The number of rotatable bonds is 3. The highest BCUT2D eigenvalue weighted by Gasteiger charge is 2.19. The van der Waals surface area contributed by atoms with Crippen LogP contribution in [0, 0.1) is 0 Å². The van der Waals surface area contributed by atoms with Crippen molar-refractivity contribution in [2.45, 2.75) is 31.4 Å². The summed E-state index contributed by atoms with van der Waals surface area (Å²) in [6.45, 7) is 3.23. The molecule has 0 radical (unpaired) electrons. The molecule has 2 heterocycles. The Balaban J connectivity index is 1.57. The Morgan fingerprint density at radius 3 is 2.87 bits per heavy atom. The first-order chi connectivity index (χ1) is 7.34. The number of carbonyl (C=O) groups excluding carboxylic acids is 1. The van der Waals surface area contributed by atoms with Gasteiger partial charge in [-0.25, -0.2) is 4.79 Å². The van der Waals surface area contributed by atoms with E-state index in [9.17, 15) is 4.79 Å². The molecule has 5 nitrogen and oxygen atoms in total. The fourth-order valence-electron chi connectivity index (χ4n) is 1.80. The smallest absolute Gasteiger partial charge is 0.315 e. The second-order valence-corrected chi connectivity index (χ2v) is 4.20. The largest absolute Gasteiger partial charge is 0.376 e. The molecule has 1 unspecified atom stereocenters. The summed E-state index contributed by atoms with van der Waals surface area (Å²) in [6.07, 6.45) is 3.63. The van der Waals surface area contributed by atoms with Gasteiger partial charge in [0.15, 0.2) is 0 Å². The number of nitrogens with one attached hydrogen (secondary N) is 3. The summed E-state index contributed by atoms with van der Waals surface area (Å²) < 4.78 is 5.52. The lowest BCUT2D eigenvalue weighted by Gasteiger charge is -2.28. The third-order valence-corrected chi connectivity index (χ3v) is 2.88. The first-order valence-corrected chi connectivity index (χ1v) is 5.71. The summed E-state index contributed by atoms with van der Waals surface area (Å²) in [5.74, 6) is 0. The summed E-state index contributed by atoms with van der Waals surface area (Å²) in [7, 11) is 0. The molecule has 0 saturated carbocycles. The average molecular weight is 213 g/mol. The van der Waals surface area contributed by atoms with Gasteiger partial charge in [-0.15, -0.1) is 0 Å². The second-order valence-electron chi connectivity index (χ2n) is 4.20. The van der Waals surface area contributed by atoms with Gasteiger partial charge in [-0.1, -0.05) is 0 Å². The first-order valence-electron chi connectivity index (χ1n) is 5.71. The van der Waals surface area contributed by atoms with E-state index in [0.717, 1.165) is 32.5 Å². The molecular weight excluding hydrogens is 194 g/mol. The van der Waals surface area contributed by atoms with Crippen LogP contribution in [0.2, 0.25) is 0 Å². The minimum Gasteiger partial charge on any atom is -0.376 e. The molecule has 0 bridgehead atoms. The van der Waals surface area contributed by atoms with Crippen LogP contribution in [-0.4, -0.2) is 44.4 Å². The van der Waals surface area contributed by atoms with Crippen molar-refractivity contribution in [2.75, 3.05) is 26.2 Å². The number of amides is 2. The van der Waals surface area contributed by atoms with Crippen LogP contribution in [0.25, 0.3) is 0 Å². The van der Waals surface area contributed by atoms with E-state index in [1.807, 2.05) is 0 Å². The minimum absolute atomic E-state index is 0.0735. The Morgan fingerprint density at radius 1 is 1.40 bits per heavy atom. The van der Waals surface area contributed by atoms with Crippen molar-refractivity contribution >= 4 is 6.03 Å². The van der Waals surface area contributed by atoms with E-state index in [0.29, 0.717) is 12.6 Å². The van der Waals surface area contributed by atoms with Crippen LogP contribution in [0.5, 0.6) is 0 Å². The van der Waals surface area contributed by atoms with E-state index in [4.69, 9.17) is 4.74 Å². The molecule has 2 rings (SSSR count). The van der Waals surface area contributed by atoms with Crippen LogP contribution < -0.4 is 16.0 Å². The van der Waals surface area contributed by atoms with Crippen molar-refractivity contribution in [1.82, 2.24) is 16.0 Å². The van der Waals surface area contributed by atoms with Crippen molar-refractivity contribution in [3.05, 3.63) is 0 Å². The van der Waals surface area contributed by atoms with Gasteiger partial charge in [-0.05, 0) is 19.3 Å². The lowest BCUT2D eigenvalue weighted by atomic mass is 10.1. The van der Waals surface area contributed by atoms with E-state index >= 15 is 0 Å². The highest BCUT2D eigenvalue weighted by molar-refractivity contribution is 5.74. The molecule has 2 aliphatic rings. The quantitative estimate of drug-likeness (QED) is 0.610. The molecule has 15 heavy (non-hydrogen) atoms. The number of urea groups is 1. The highest BCUT2D eigenvalue weighted by atomic mass is 16.5. The Labute approximate surface area is 89.9 Å². The van der Waals surface area contributed by atoms with Gasteiger partial charge in [0.25, 0.3) is 0 Å². The molecule has 2 amide bonds. The van der Waals surface area contributed by atoms with Gasteiger partial charge in [0.2, 0.25) is 0 Å². The summed E-state index contributed by atoms with van der Waals surface area (Å²) >= 11 is 0. The molecule has 0 aliphatic carbocycles. The van der Waals surface area contributed by atoms with Crippen molar-refractivity contribution in [1.29, 1.82) is 0 Å². The zero-order chi connectivity index (χ0) is 10.5.